The van der Waals surface area contributed by atoms with E-state index in [0.717, 1.165) is 11.1 Å². The number of carbonyl (C=O) groups is 1. The van der Waals surface area contributed by atoms with Crippen LogP contribution in [0, 0.1) is 13.8 Å². The summed E-state index contributed by atoms with van der Waals surface area (Å²) in [6.07, 6.45) is 0. The molecule has 1 aromatic rings. The molecular formula is C12H16O3. The van der Waals surface area contributed by atoms with Crippen LogP contribution in [0.25, 0.3) is 0 Å². The van der Waals surface area contributed by atoms with Gasteiger partial charge in [0.25, 0.3) is 0 Å². The van der Waals surface area contributed by atoms with Crippen LogP contribution in [-0.4, -0.2) is 19.2 Å². The van der Waals surface area contributed by atoms with Crippen LogP contribution in [0.1, 0.15) is 18.1 Å². The molecule has 3 nitrogen and oxygen atoms in total. The molecule has 0 aliphatic carbocycles. The van der Waals surface area contributed by atoms with Gasteiger partial charge in [0.1, 0.15) is 12.4 Å². The van der Waals surface area contributed by atoms with Crippen LogP contribution in [0.4, 0.5) is 0 Å². The van der Waals surface area contributed by atoms with Gasteiger partial charge in [0.05, 0.1) is 0 Å². The van der Waals surface area contributed by atoms with Crippen LogP contribution >= 0.6 is 0 Å². The quantitative estimate of drug-likeness (QED) is 0.562. The lowest BCUT2D eigenvalue weighted by molar-refractivity contribution is -0.139. The summed E-state index contributed by atoms with van der Waals surface area (Å²) in [5.41, 5.74) is 2.10. The first-order valence-corrected chi connectivity index (χ1v) is 4.99. The second-order valence-corrected chi connectivity index (χ2v) is 3.31. The van der Waals surface area contributed by atoms with Gasteiger partial charge in [-0.25, -0.2) is 4.79 Å². The van der Waals surface area contributed by atoms with Crippen molar-refractivity contribution in [3.05, 3.63) is 29.3 Å². The molecule has 0 bridgehead atoms. The smallest absolute Gasteiger partial charge is 0.337 e. The van der Waals surface area contributed by atoms with Crippen molar-refractivity contribution in [2.45, 2.75) is 20.8 Å². The Hall–Kier alpha value is -1.35. The van der Waals surface area contributed by atoms with Gasteiger partial charge in [-0.15, -0.1) is 0 Å². The third-order valence-corrected chi connectivity index (χ3v) is 2.20. The van der Waals surface area contributed by atoms with E-state index in [2.05, 4.69) is 0 Å². The lowest BCUT2D eigenvalue weighted by atomic mass is 10.1. The predicted octanol–water partition coefficient (Wildman–Crippen LogP) is 2.25. The van der Waals surface area contributed by atoms with Crippen molar-refractivity contribution in [2.75, 3.05) is 13.2 Å². The number of esters is 1. The molecule has 15 heavy (non-hydrogen) atoms. The van der Waals surface area contributed by atoms with Crippen LogP contribution in [0.15, 0.2) is 18.2 Å². The molecular weight excluding hydrogens is 192 g/mol. The van der Waals surface area contributed by atoms with Gasteiger partial charge in [-0.05, 0) is 38.0 Å². The molecule has 0 spiro atoms. The van der Waals surface area contributed by atoms with Crippen LogP contribution < -0.4 is 4.74 Å². The fourth-order valence-electron chi connectivity index (χ4n) is 1.17. The minimum absolute atomic E-state index is 0.00385. The van der Waals surface area contributed by atoms with E-state index in [4.69, 9.17) is 9.47 Å². The van der Waals surface area contributed by atoms with Crippen LogP contribution in [0.2, 0.25) is 0 Å². The van der Waals surface area contributed by atoms with Crippen LogP contribution in [0.5, 0.6) is 5.75 Å². The Kier molecular flexibility index (Phi) is 4.31. The van der Waals surface area contributed by atoms with Crippen molar-refractivity contribution in [3.8, 4) is 5.75 Å². The number of hydrogen-bond acceptors (Lipinski definition) is 3. The molecule has 0 aliphatic rings. The van der Waals surface area contributed by atoms with E-state index < -0.39 is 0 Å². The van der Waals surface area contributed by atoms with Gasteiger partial charge >= 0.3 is 5.97 Å². The Morgan fingerprint density at radius 1 is 1.33 bits per heavy atom. The van der Waals surface area contributed by atoms with E-state index in [9.17, 15) is 4.79 Å². The van der Waals surface area contributed by atoms with Crippen molar-refractivity contribution in [2.24, 2.45) is 0 Å². The third kappa shape index (κ3) is 3.36. The SMILES string of the molecule is CCOCC(=O)Oc1cccc(C)c1C. The van der Waals surface area contributed by atoms with E-state index >= 15 is 0 Å². The van der Waals surface area contributed by atoms with Crippen molar-refractivity contribution < 1.29 is 14.3 Å². The maximum absolute atomic E-state index is 11.3. The fraction of sp³-hybridized carbons (Fsp3) is 0.417. The highest BCUT2D eigenvalue weighted by atomic mass is 16.6. The average Bonchev–Trinajstić information content (AvgIpc) is 2.22. The lowest BCUT2D eigenvalue weighted by Gasteiger charge is -2.08. The highest BCUT2D eigenvalue weighted by Crippen LogP contribution is 2.20. The molecule has 82 valence electrons. The zero-order valence-electron chi connectivity index (χ0n) is 9.37. The van der Waals surface area contributed by atoms with Gasteiger partial charge < -0.3 is 9.47 Å². The Labute approximate surface area is 90.0 Å². The highest BCUT2D eigenvalue weighted by molar-refractivity contribution is 5.74. The molecule has 3 heteroatoms. The molecule has 0 amide bonds. The van der Waals surface area contributed by atoms with E-state index in [1.54, 1.807) is 6.07 Å². The monoisotopic (exact) mass is 208 g/mol. The summed E-state index contributed by atoms with van der Waals surface area (Å²) in [7, 11) is 0. The van der Waals surface area contributed by atoms with Gasteiger partial charge in [0.2, 0.25) is 0 Å². The first kappa shape index (κ1) is 11.7. The third-order valence-electron chi connectivity index (χ3n) is 2.20. The zero-order chi connectivity index (χ0) is 11.3. The van der Waals surface area contributed by atoms with E-state index in [1.807, 2.05) is 32.9 Å². The van der Waals surface area contributed by atoms with Gasteiger partial charge in [-0.2, -0.15) is 0 Å². The van der Waals surface area contributed by atoms with Crippen LogP contribution in [0.3, 0.4) is 0 Å². The average molecular weight is 208 g/mol. The molecule has 0 unspecified atom stereocenters. The molecule has 0 heterocycles. The van der Waals surface area contributed by atoms with E-state index in [0.29, 0.717) is 12.4 Å². The maximum Gasteiger partial charge on any atom is 0.337 e. The molecule has 0 aliphatic heterocycles. The first-order valence-electron chi connectivity index (χ1n) is 4.99. The van der Waals surface area contributed by atoms with Crippen molar-refractivity contribution in [3.63, 3.8) is 0 Å². The molecule has 0 saturated heterocycles. The van der Waals surface area contributed by atoms with Gasteiger partial charge in [0, 0.05) is 6.61 Å². The summed E-state index contributed by atoms with van der Waals surface area (Å²) in [4.78, 5) is 11.3. The second-order valence-electron chi connectivity index (χ2n) is 3.31. The molecule has 1 rings (SSSR count). The molecule has 0 atom stereocenters. The summed E-state index contributed by atoms with van der Waals surface area (Å²) in [6, 6.07) is 5.63. The molecule has 0 N–H and O–H groups in total. The molecule has 0 saturated carbocycles. The minimum atomic E-state index is -0.356. The standard InChI is InChI=1S/C12H16O3/c1-4-14-8-12(13)15-11-7-5-6-9(2)10(11)3/h5-7H,4,8H2,1-3H3. The minimum Gasteiger partial charge on any atom is -0.425 e. The lowest BCUT2D eigenvalue weighted by Crippen LogP contribution is -2.16. The Morgan fingerprint density at radius 3 is 2.73 bits per heavy atom. The number of hydrogen-bond donors (Lipinski definition) is 0. The molecule has 0 radical (unpaired) electrons. The summed E-state index contributed by atoms with van der Waals surface area (Å²) in [6.45, 7) is 6.27. The highest BCUT2D eigenvalue weighted by Gasteiger charge is 2.07. The molecule has 0 fully saturated rings. The number of rotatable bonds is 4. The Bertz CT molecular complexity index is 345. The number of benzene rings is 1. The van der Waals surface area contributed by atoms with Gasteiger partial charge in [0.15, 0.2) is 0 Å². The maximum atomic E-state index is 11.3. The molecule has 0 aromatic heterocycles. The summed E-state index contributed by atoms with van der Waals surface area (Å²) >= 11 is 0. The largest absolute Gasteiger partial charge is 0.425 e. The fourth-order valence-corrected chi connectivity index (χ4v) is 1.17. The summed E-state index contributed by atoms with van der Waals surface area (Å²) in [5, 5.41) is 0. The van der Waals surface area contributed by atoms with Gasteiger partial charge in [-0.1, -0.05) is 12.1 Å². The van der Waals surface area contributed by atoms with Crippen LogP contribution in [-0.2, 0) is 9.53 Å². The number of carbonyl (C=O) groups excluding carboxylic acids is 1. The van der Waals surface area contributed by atoms with E-state index in [1.165, 1.54) is 0 Å². The number of ether oxygens (including phenoxy) is 2. The summed E-state index contributed by atoms with van der Waals surface area (Å²) < 4.78 is 10.1. The summed E-state index contributed by atoms with van der Waals surface area (Å²) in [5.74, 6) is 0.255. The van der Waals surface area contributed by atoms with Crippen molar-refractivity contribution >= 4 is 5.97 Å². The number of aryl methyl sites for hydroxylation is 1. The second kappa shape index (κ2) is 5.51. The zero-order valence-corrected chi connectivity index (χ0v) is 9.37. The first-order chi connectivity index (χ1) is 7.15. The molecule has 1 aromatic carbocycles. The van der Waals surface area contributed by atoms with E-state index in [-0.39, 0.29) is 12.6 Å². The topological polar surface area (TPSA) is 35.5 Å². The Morgan fingerprint density at radius 2 is 2.07 bits per heavy atom. The predicted molar refractivity (Wildman–Crippen MR) is 58.0 cm³/mol. The van der Waals surface area contributed by atoms with Crippen molar-refractivity contribution in [1.29, 1.82) is 0 Å². The van der Waals surface area contributed by atoms with Gasteiger partial charge in [-0.3, -0.25) is 0 Å². The Balaban J connectivity index is 2.64. The normalized spacial score (nSPS) is 10.1. The van der Waals surface area contributed by atoms with Crippen molar-refractivity contribution in [1.82, 2.24) is 0 Å².